The first-order chi connectivity index (χ1) is 5.84. The zero-order valence-corrected chi connectivity index (χ0v) is 6.76. The van der Waals surface area contributed by atoms with Gasteiger partial charge in [-0.25, -0.2) is 4.79 Å². The first-order valence-electron chi connectivity index (χ1n) is 3.54. The lowest BCUT2D eigenvalue weighted by Gasteiger charge is -1.95. The smallest absolute Gasteiger partial charge is 0.340 e. The fourth-order valence-electron chi connectivity index (χ4n) is 0.708. The van der Waals surface area contributed by atoms with Crippen LogP contribution in [0.1, 0.15) is 17.3 Å². The Morgan fingerprint density at radius 2 is 2.58 bits per heavy atom. The molecule has 62 valence electrons. The van der Waals surface area contributed by atoms with Gasteiger partial charge in [-0.05, 0) is 13.0 Å². The van der Waals surface area contributed by atoms with Gasteiger partial charge in [0.2, 0.25) is 0 Å². The van der Waals surface area contributed by atoms with E-state index in [2.05, 4.69) is 16.8 Å². The maximum Gasteiger partial charge on any atom is 0.340 e. The SMILES string of the molecule is CC#CCOC(=O)c1cc[nH]c1. The van der Waals surface area contributed by atoms with E-state index in [0.29, 0.717) is 5.56 Å². The van der Waals surface area contributed by atoms with Crippen molar-refractivity contribution in [3.8, 4) is 11.8 Å². The maximum atomic E-state index is 11.1. The molecular formula is C9H9NO2. The predicted octanol–water partition coefficient (Wildman–Crippen LogP) is 1.19. The molecule has 0 aromatic carbocycles. The van der Waals surface area contributed by atoms with Gasteiger partial charge in [0.1, 0.15) is 0 Å². The molecule has 3 heteroatoms. The van der Waals surface area contributed by atoms with E-state index in [0.717, 1.165) is 0 Å². The molecule has 1 aromatic rings. The monoisotopic (exact) mass is 163 g/mol. The van der Waals surface area contributed by atoms with E-state index in [1.54, 1.807) is 25.4 Å². The Bertz CT molecular complexity index is 303. The van der Waals surface area contributed by atoms with Crippen molar-refractivity contribution in [1.29, 1.82) is 0 Å². The topological polar surface area (TPSA) is 42.1 Å². The average molecular weight is 163 g/mol. The Balaban J connectivity index is 2.43. The lowest BCUT2D eigenvalue weighted by Crippen LogP contribution is -2.03. The lowest BCUT2D eigenvalue weighted by molar-refractivity contribution is 0.0557. The molecule has 1 aromatic heterocycles. The van der Waals surface area contributed by atoms with E-state index in [1.807, 2.05) is 0 Å². The number of hydrogen-bond donors (Lipinski definition) is 1. The minimum Gasteiger partial charge on any atom is -0.449 e. The van der Waals surface area contributed by atoms with Crippen molar-refractivity contribution < 1.29 is 9.53 Å². The van der Waals surface area contributed by atoms with Gasteiger partial charge in [-0.1, -0.05) is 5.92 Å². The molecule has 0 aliphatic heterocycles. The average Bonchev–Trinajstić information content (AvgIpc) is 2.56. The molecule has 12 heavy (non-hydrogen) atoms. The van der Waals surface area contributed by atoms with Crippen molar-refractivity contribution in [2.45, 2.75) is 6.92 Å². The molecule has 0 saturated heterocycles. The minimum atomic E-state index is -0.348. The van der Waals surface area contributed by atoms with Gasteiger partial charge in [0, 0.05) is 12.4 Å². The first kappa shape index (κ1) is 8.41. The molecule has 0 spiro atoms. The zero-order chi connectivity index (χ0) is 8.81. The highest BCUT2D eigenvalue weighted by Gasteiger charge is 2.04. The summed E-state index contributed by atoms with van der Waals surface area (Å²) in [6.07, 6.45) is 3.25. The molecule has 0 bridgehead atoms. The number of rotatable bonds is 2. The van der Waals surface area contributed by atoms with E-state index in [4.69, 9.17) is 4.74 Å². The number of hydrogen-bond acceptors (Lipinski definition) is 2. The number of carbonyl (C=O) groups excluding carboxylic acids is 1. The van der Waals surface area contributed by atoms with Crippen molar-refractivity contribution in [1.82, 2.24) is 4.98 Å². The van der Waals surface area contributed by atoms with E-state index in [-0.39, 0.29) is 12.6 Å². The fourth-order valence-corrected chi connectivity index (χ4v) is 0.708. The van der Waals surface area contributed by atoms with E-state index >= 15 is 0 Å². The summed E-state index contributed by atoms with van der Waals surface area (Å²) in [5.41, 5.74) is 0.521. The summed E-state index contributed by atoms with van der Waals surface area (Å²) in [6, 6.07) is 1.65. The third kappa shape index (κ3) is 2.17. The number of aromatic nitrogens is 1. The lowest BCUT2D eigenvalue weighted by atomic mass is 10.3. The second kappa shape index (κ2) is 4.24. The van der Waals surface area contributed by atoms with Crippen LogP contribution in [-0.2, 0) is 4.74 Å². The van der Waals surface area contributed by atoms with Gasteiger partial charge in [0.05, 0.1) is 5.56 Å². The molecule has 0 saturated carbocycles. The number of carbonyl (C=O) groups is 1. The van der Waals surface area contributed by atoms with Gasteiger partial charge in [0.15, 0.2) is 6.61 Å². The Hall–Kier alpha value is -1.69. The van der Waals surface area contributed by atoms with Crippen LogP contribution in [0.15, 0.2) is 18.5 Å². The van der Waals surface area contributed by atoms with E-state index in [9.17, 15) is 4.79 Å². The standard InChI is InChI=1S/C9H9NO2/c1-2-3-6-12-9(11)8-4-5-10-7-8/h4-5,7,10H,6H2,1H3. The van der Waals surface area contributed by atoms with Crippen LogP contribution >= 0.6 is 0 Å². The van der Waals surface area contributed by atoms with Gasteiger partial charge in [-0.15, -0.1) is 5.92 Å². The number of nitrogens with one attached hydrogen (secondary N) is 1. The second-order valence-corrected chi connectivity index (χ2v) is 2.10. The van der Waals surface area contributed by atoms with Crippen LogP contribution in [-0.4, -0.2) is 17.6 Å². The molecule has 0 atom stereocenters. The Morgan fingerprint density at radius 3 is 3.17 bits per heavy atom. The molecule has 0 radical (unpaired) electrons. The molecule has 1 N–H and O–H groups in total. The highest BCUT2D eigenvalue weighted by Crippen LogP contribution is 1.98. The molecule has 0 aliphatic rings. The predicted molar refractivity (Wildman–Crippen MR) is 44.5 cm³/mol. The summed E-state index contributed by atoms with van der Waals surface area (Å²) in [6.45, 7) is 1.85. The summed E-state index contributed by atoms with van der Waals surface area (Å²) in [7, 11) is 0. The zero-order valence-electron chi connectivity index (χ0n) is 6.76. The van der Waals surface area contributed by atoms with Crippen molar-refractivity contribution >= 4 is 5.97 Å². The summed E-state index contributed by atoms with van der Waals surface area (Å²) in [4.78, 5) is 13.8. The summed E-state index contributed by atoms with van der Waals surface area (Å²) < 4.78 is 4.79. The number of aromatic amines is 1. The van der Waals surface area contributed by atoms with Crippen molar-refractivity contribution in [3.05, 3.63) is 24.0 Å². The highest BCUT2D eigenvalue weighted by atomic mass is 16.5. The molecule has 1 heterocycles. The third-order valence-corrected chi connectivity index (χ3v) is 1.29. The van der Waals surface area contributed by atoms with Crippen molar-refractivity contribution in [2.75, 3.05) is 6.61 Å². The van der Waals surface area contributed by atoms with Crippen molar-refractivity contribution in [2.24, 2.45) is 0 Å². The third-order valence-electron chi connectivity index (χ3n) is 1.29. The molecule has 0 unspecified atom stereocenters. The van der Waals surface area contributed by atoms with Gasteiger partial charge in [-0.2, -0.15) is 0 Å². The highest BCUT2D eigenvalue weighted by molar-refractivity contribution is 5.89. The Kier molecular flexibility index (Phi) is 2.97. The molecule has 0 fully saturated rings. The number of esters is 1. The van der Waals surface area contributed by atoms with Crippen molar-refractivity contribution in [3.63, 3.8) is 0 Å². The van der Waals surface area contributed by atoms with E-state index in [1.165, 1.54) is 0 Å². The molecule has 3 nitrogen and oxygen atoms in total. The van der Waals surface area contributed by atoms with Crippen LogP contribution in [0.25, 0.3) is 0 Å². The number of H-pyrrole nitrogens is 1. The normalized spacial score (nSPS) is 8.42. The summed E-state index contributed by atoms with van der Waals surface area (Å²) in [5, 5.41) is 0. The van der Waals surface area contributed by atoms with Gasteiger partial charge in [0.25, 0.3) is 0 Å². The molecule has 0 aliphatic carbocycles. The summed E-state index contributed by atoms with van der Waals surface area (Å²) in [5.74, 6) is 4.92. The second-order valence-electron chi connectivity index (χ2n) is 2.10. The van der Waals surface area contributed by atoms with Crippen LogP contribution < -0.4 is 0 Å². The quantitative estimate of drug-likeness (QED) is 0.525. The number of ether oxygens (including phenoxy) is 1. The van der Waals surface area contributed by atoms with Gasteiger partial charge in [-0.3, -0.25) is 0 Å². The Morgan fingerprint density at radius 1 is 1.75 bits per heavy atom. The maximum absolute atomic E-state index is 11.1. The first-order valence-corrected chi connectivity index (χ1v) is 3.54. The summed E-state index contributed by atoms with van der Waals surface area (Å²) >= 11 is 0. The van der Waals surface area contributed by atoms with Crippen LogP contribution in [0, 0.1) is 11.8 Å². The van der Waals surface area contributed by atoms with Crippen LogP contribution in [0.5, 0.6) is 0 Å². The van der Waals surface area contributed by atoms with Crippen LogP contribution in [0.3, 0.4) is 0 Å². The Labute approximate surface area is 70.7 Å². The largest absolute Gasteiger partial charge is 0.449 e. The molecular weight excluding hydrogens is 154 g/mol. The van der Waals surface area contributed by atoms with Crippen LogP contribution in [0.4, 0.5) is 0 Å². The van der Waals surface area contributed by atoms with Crippen LogP contribution in [0.2, 0.25) is 0 Å². The van der Waals surface area contributed by atoms with E-state index < -0.39 is 0 Å². The fraction of sp³-hybridized carbons (Fsp3) is 0.222. The molecule has 1 rings (SSSR count). The minimum absolute atomic E-state index is 0.153. The van der Waals surface area contributed by atoms with Gasteiger partial charge < -0.3 is 9.72 Å². The van der Waals surface area contributed by atoms with Gasteiger partial charge >= 0.3 is 5.97 Å². The molecule has 0 amide bonds.